The highest BCUT2D eigenvalue weighted by Gasteiger charge is 2.27. The molecule has 1 aromatic carbocycles. The minimum Gasteiger partial charge on any atom is -0.507 e. The summed E-state index contributed by atoms with van der Waals surface area (Å²) < 4.78 is 10.2. The number of hydrogen-bond acceptors (Lipinski definition) is 5. The Bertz CT molecular complexity index is 648. The van der Waals surface area contributed by atoms with Gasteiger partial charge in [-0.25, -0.2) is 4.79 Å². The van der Waals surface area contributed by atoms with Gasteiger partial charge in [-0.05, 0) is 29.9 Å². The van der Waals surface area contributed by atoms with E-state index >= 15 is 0 Å². The predicted molar refractivity (Wildman–Crippen MR) is 107 cm³/mol. The van der Waals surface area contributed by atoms with Gasteiger partial charge in [-0.15, -0.1) is 0 Å². The first-order valence-electron chi connectivity index (χ1n) is 9.08. The standard InChI is InChI=1S/C21H31ClO5/c1-13(12-27-19(22)25)26-9-8-17(23)14-10-15(20(2,3)4)18(24)16(11-14)21(5,6)7/h10-11,13,24H,8-9,12H2,1-7H3. The maximum Gasteiger partial charge on any atom is 0.403 e. The monoisotopic (exact) mass is 398 g/mol. The quantitative estimate of drug-likeness (QED) is 0.495. The number of phenols is 1. The first-order chi connectivity index (χ1) is 12.2. The molecule has 0 amide bonds. The predicted octanol–water partition coefficient (Wildman–Crippen LogP) is 5.34. The minimum absolute atomic E-state index is 0.0398. The molecule has 0 saturated heterocycles. The van der Waals surface area contributed by atoms with Crippen LogP contribution >= 0.6 is 11.6 Å². The van der Waals surface area contributed by atoms with Gasteiger partial charge in [0.1, 0.15) is 12.4 Å². The molecule has 0 fully saturated rings. The molecule has 0 bridgehead atoms. The number of Topliss-reactive ketones (excluding diaryl/α,β-unsaturated/α-hetero) is 1. The molecule has 1 unspecified atom stereocenters. The number of aromatic hydroxyl groups is 1. The van der Waals surface area contributed by atoms with Crippen molar-refractivity contribution in [2.24, 2.45) is 0 Å². The van der Waals surface area contributed by atoms with E-state index in [1.54, 1.807) is 19.1 Å². The number of rotatable bonds is 7. The highest BCUT2D eigenvalue weighted by Crippen LogP contribution is 2.39. The van der Waals surface area contributed by atoms with Crippen molar-refractivity contribution in [2.75, 3.05) is 13.2 Å². The normalized spacial score (nSPS) is 13.3. The van der Waals surface area contributed by atoms with E-state index in [9.17, 15) is 14.7 Å². The Labute approximate surface area is 167 Å². The van der Waals surface area contributed by atoms with Crippen LogP contribution in [0.15, 0.2) is 12.1 Å². The first kappa shape index (κ1) is 23.4. The van der Waals surface area contributed by atoms with Gasteiger partial charge in [-0.1, -0.05) is 41.5 Å². The summed E-state index contributed by atoms with van der Waals surface area (Å²) in [7, 11) is 0. The van der Waals surface area contributed by atoms with E-state index in [-0.39, 0.29) is 48.1 Å². The molecule has 1 atom stereocenters. The zero-order chi connectivity index (χ0) is 21.0. The van der Waals surface area contributed by atoms with Gasteiger partial charge in [0.05, 0.1) is 12.7 Å². The molecule has 1 N–H and O–H groups in total. The zero-order valence-electron chi connectivity index (χ0n) is 17.3. The molecule has 27 heavy (non-hydrogen) atoms. The first-order valence-corrected chi connectivity index (χ1v) is 9.46. The van der Waals surface area contributed by atoms with Crippen molar-refractivity contribution in [3.05, 3.63) is 28.8 Å². The third kappa shape index (κ3) is 7.15. The topological polar surface area (TPSA) is 72.8 Å². The van der Waals surface area contributed by atoms with Crippen molar-refractivity contribution >= 4 is 22.8 Å². The molecule has 0 aliphatic heterocycles. The lowest BCUT2D eigenvalue weighted by Crippen LogP contribution is -2.20. The summed E-state index contributed by atoms with van der Waals surface area (Å²) in [4.78, 5) is 23.3. The van der Waals surface area contributed by atoms with Crippen LogP contribution < -0.4 is 0 Å². The minimum atomic E-state index is -0.880. The molecule has 5 nitrogen and oxygen atoms in total. The van der Waals surface area contributed by atoms with Gasteiger partial charge in [-0.3, -0.25) is 4.79 Å². The maximum absolute atomic E-state index is 12.7. The fourth-order valence-corrected chi connectivity index (χ4v) is 2.73. The van der Waals surface area contributed by atoms with E-state index in [2.05, 4.69) is 4.74 Å². The Morgan fingerprint density at radius 2 is 1.56 bits per heavy atom. The van der Waals surface area contributed by atoms with Crippen LogP contribution in [-0.4, -0.2) is 35.6 Å². The second-order valence-corrected chi connectivity index (χ2v) is 9.13. The number of carbonyl (C=O) groups is 2. The van der Waals surface area contributed by atoms with Crippen LogP contribution in [0.25, 0.3) is 0 Å². The molecule has 0 radical (unpaired) electrons. The smallest absolute Gasteiger partial charge is 0.403 e. The van der Waals surface area contributed by atoms with Crippen LogP contribution in [0, 0.1) is 0 Å². The SMILES string of the molecule is CC(COC(=O)Cl)OCCC(=O)c1cc(C(C)(C)C)c(O)c(C(C)(C)C)c1. The van der Waals surface area contributed by atoms with Gasteiger partial charge in [0.15, 0.2) is 5.78 Å². The highest BCUT2D eigenvalue weighted by molar-refractivity contribution is 6.61. The summed E-state index contributed by atoms with van der Waals surface area (Å²) in [5.74, 6) is 0.187. The molecule has 152 valence electrons. The van der Waals surface area contributed by atoms with Crippen LogP contribution in [-0.2, 0) is 20.3 Å². The largest absolute Gasteiger partial charge is 0.507 e. The van der Waals surface area contributed by atoms with E-state index in [4.69, 9.17) is 16.3 Å². The van der Waals surface area contributed by atoms with Crippen molar-refractivity contribution in [1.29, 1.82) is 0 Å². The van der Waals surface area contributed by atoms with Crippen molar-refractivity contribution in [1.82, 2.24) is 0 Å². The summed E-state index contributed by atoms with van der Waals surface area (Å²) in [6.45, 7) is 14.0. The molecule has 6 heteroatoms. The van der Waals surface area contributed by atoms with Gasteiger partial charge in [0.2, 0.25) is 0 Å². The zero-order valence-corrected chi connectivity index (χ0v) is 18.1. The second-order valence-electron chi connectivity index (χ2n) is 8.82. The van der Waals surface area contributed by atoms with E-state index in [1.807, 2.05) is 41.5 Å². The molecule has 0 aliphatic carbocycles. The summed E-state index contributed by atoms with van der Waals surface area (Å²) in [6, 6.07) is 3.54. The number of benzene rings is 1. The van der Waals surface area contributed by atoms with Gasteiger partial charge in [0, 0.05) is 34.7 Å². The summed E-state index contributed by atoms with van der Waals surface area (Å²) in [6.07, 6.45) is -0.160. The lowest BCUT2D eigenvalue weighted by molar-refractivity contribution is 0.0205. The van der Waals surface area contributed by atoms with E-state index < -0.39 is 5.43 Å². The number of ether oxygens (including phenoxy) is 2. The lowest BCUT2D eigenvalue weighted by atomic mass is 9.78. The lowest BCUT2D eigenvalue weighted by Gasteiger charge is -2.28. The van der Waals surface area contributed by atoms with Crippen molar-refractivity contribution in [3.8, 4) is 5.75 Å². The van der Waals surface area contributed by atoms with Crippen LogP contribution in [0.4, 0.5) is 4.79 Å². The molecule has 0 saturated carbocycles. The van der Waals surface area contributed by atoms with Gasteiger partial charge >= 0.3 is 5.43 Å². The van der Waals surface area contributed by atoms with Crippen molar-refractivity contribution in [2.45, 2.75) is 71.8 Å². The molecule has 1 rings (SSSR count). The van der Waals surface area contributed by atoms with Gasteiger partial charge < -0.3 is 14.6 Å². The second kappa shape index (κ2) is 9.07. The van der Waals surface area contributed by atoms with E-state index in [1.165, 1.54) is 0 Å². The molecular weight excluding hydrogens is 368 g/mol. The molecular formula is C21H31ClO5. The molecule has 0 spiro atoms. The highest BCUT2D eigenvalue weighted by atomic mass is 35.5. The van der Waals surface area contributed by atoms with Crippen LogP contribution in [0.1, 0.15) is 76.4 Å². The molecule has 1 aromatic rings. The Morgan fingerprint density at radius 1 is 1.07 bits per heavy atom. The summed E-state index contributed by atoms with van der Waals surface area (Å²) >= 11 is 5.11. The molecule has 0 heterocycles. The Balaban J connectivity index is 2.95. The van der Waals surface area contributed by atoms with E-state index in [0.29, 0.717) is 5.56 Å². The Kier molecular flexibility index (Phi) is 7.87. The molecule has 0 aliphatic rings. The Hall–Kier alpha value is -1.59. The fraction of sp³-hybridized carbons (Fsp3) is 0.619. The maximum atomic E-state index is 12.7. The third-order valence-corrected chi connectivity index (χ3v) is 4.32. The van der Waals surface area contributed by atoms with Gasteiger partial charge in [-0.2, -0.15) is 0 Å². The van der Waals surface area contributed by atoms with Crippen molar-refractivity contribution in [3.63, 3.8) is 0 Å². The number of halogens is 1. The van der Waals surface area contributed by atoms with Crippen molar-refractivity contribution < 1.29 is 24.2 Å². The van der Waals surface area contributed by atoms with Crippen LogP contribution in [0.3, 0.4) is 0 Å². The third-order valence-electron chi connectivity index (χ3n) is 4.21. The van der Waals surface area contributed by atoms with E-state index in [0.717, 1.165) is 11.1 Å². The number of hydrogen-bond donors (Lipinski definition) is 1. The molecule has 0 aromatic heterocycles. The van der Waals surface area contributed by atoms with Crippen LogP contribution in [0.2, 0.25) is 0 Å². The summed E-state index contributed by atoms with van der Waals surface area (Å²) in [5.41, 5.74) is 0.595. The summed E-state index contributed by atoms with van der Waals surface area (Å²) in [5, 5.41) is 10.7. The average molecular weight is 399 g/mol. The number of carbonyl (C=O) groups excluding carboxylic acids is 2. The Morgan fingerprint density at radius 3 is 1.96 bits per heavy atom. The number of phenolic OH excluding ortho intramolecular Hbond substituents is 1. The van der Waals surface area contributed by atoms with Gasteiger partial charge in [0.25, 0.3) is 0 Å². The number of ketones is 1. The van der Waals surface area contributed by atoms with Crippen LogP contribution in [0.5, 0.6) is 5.75 Å². The average Bonchev–Trinajstić information content (AvgIpc) is 2.50. The fourth-order valence-electron chi connectivity index (χ4n) is 2.67.